The summed E-state index contributed by atoms with van der Waals surface area (Å²) in [5, 5.41) is 0. The first-order chi connectivity index (χ1) is 8.99. The van der Waals surface area contributed by atoms with E-state index in [9.17, 15) is 9.59 Å². The summed E-state index contributed by atoms with van der Waals surface area (Å²) in [7, 11) is 0. The second kappa shape index (κ2) is 5.71. The number of aryl methyl sites for hydroxylation is 1. The second-order valence-corrected chi connectivity index (χ2v) is 5.42. The van der Waals surface area contributed by atoms with Crippen LogP contribution in [0.3, 0.4) is 0 Å². The van der Waals surface area contributed by atoms with Gasteiger partial charge in [-0.05, 0) is 30.7 Å². The van der Waals surface area contributed by atoms with Crippen molar-refractivity contribution >= 4 is 27.7 Å². The number of hydrogen-bond acceptors (Lipinski definition) is 3. The fourth-order valence-electron chi connectivity index (χ4n) is 2.11. The summed E-state index contributed by atoms with van der Waals surface area (Å²) < 4.78 is 6.04. The highest BCUT2D eigenvalue weighted by atomic mass is 79.9. The molecule has 0 saturated carbocycles. The Morgan fingerprint density at radius 2 is 2.16 bits per heavy atom. The van der Waals surface area contributed by atoms with Crippen LogP contribution in [0, 0.1) is 6.92 Å². The number of nitrogens with zero attached hydrogens (tertiary/aromatic N) is 1. The second-order valence-electron chi connectivity index (χ2n) is 4.51. The molecule has 1 atom stereocenters. The minimum absolute atomic E-state index is 0.161. The maximum Gasteiger partial charge on any atom is 0.254 e. The molecule has 2 rings (SSSR count). The van der Waals surface area contributed by atoms with Crippen molar-refractivity contribution in [1.29, 1.82) is 0 Å². The monoisotopic (exact) mass is 326 g/mol. The maximum absolute atomic E-state index is 12.5. The highest BCUT2D eigenvalue weighted by molar-refractivity contribution is 9.10. The Hall–Kier alpha value is -1.40. The van der Waals surface area contributed by atoms with E-state index in [2.05, 4.69) is 15.9 Å². The van der Waals surface area contributed by atoms with Crippen molar-refractivity contribution in [1.82, 2.24) is 4.90 Å². The molecule has 2 N–H and O–H groups in total. The van der Waals surface area contributed by atoms with E-state index >= 15 is 0 Å². The van der Waals surface area contributed by atoms with E-state index in [1.54, 1.807) is 12.1 Å². The Labute approximate surface area is 119 Å². The molecule has 0 radical (unpaired) electrons. The quantitative estimate of drug-likeness (QED) is 0.884. The fourth-order valence-corrected chi connectivity index (χ4v) is 2.72. The molecule has 1 aliphatic rings. The largest absolute Gasteiger partial charge is 0.377 e. The number of hydrogen-bond donors (Lipinski definition) is 1. The third-order valence-electron chi connectivity index (χ3n) is 3.01. The summed E-state index contributed by atoms with van der Waals surface area (Å²) in [4.78, 5) is 25.3. The van der Waals surface area contributed by atoms with Gasteiger partial charge in [0.15, 0.2) is 0 Å². The Morgan fingerprint density at radius 1 is 1.42 bits per heavy atom. The summed E-state index contributed by atoms with van der Waals surface area (Å²) >= 11 is 3.36. The summed E-state index contributed by atoms with van der Waals surface area (Å²) in [6, 6.07) is 4.76. The molecule has 2 amide bonds. The van der Waals surface area contributed by atoms with Gasteiger partial charge in [-0.3, -0.25) is 9.59 Å². The number of rotatable bonds is 2. The minimum Gasteiger partial charge on any atom is -0.377 e. The van der Waals surface area contributed by atoms with Crippen LogP contribution >= 0.6 is 15.9 Å². The molecule has 1 aliphatic heterocycles. The number of ether oxygens (including phenoxy) is 1. The number of amides is 2. The molecular formula is C13H15BrN2O3. The van der Waals surface area contributed by atoms with Crippen LogP contribution in [-0.2, 0) is 9.53 Å². The van der Waals surface area contributed by atoms with Crippen molar-refractivity contribution in [2.45, 2.75) is 13.0 Å². The van der Waals surface area contributed by atoms with E-state index in [4.69, 9.17) is 10.5 Å². The van der Waals surface area contributed by atoms with Gasteiger partial charge in [-0.2, -0.15) is 0 Å². The summed E-state index contributed by atoms with van der Waals surface area (Å²) in [5.74, 6) is -0.740. The lowest BCUT2D eigenvalue weighted by Gasteiger charge is -2.33. The topological polar surface area (TPSA) is 72.6 Å². The van der Waals surface area contributed by atoms with Gasteiger partial charge >= 0.3 is 0 Å². The molecule has 0 spiro atoms. The molecule has 0 aromatic heterocycles. The Morgan fingerprint density at radius 3 is 2.79 bits per heavy atom. The molecule has 19 heavy (non-hydrogen) atoms. The number of nitrogens with two attached hydrogens (primary N) is 1. The van der Waals surface area contributed by atoms with Gasteiger partial charge in [-0.15, -0.1) is 0 Å². The van der Waals surface area contributed by atoms with E-state index in [1.807, 2.05) is 13.0 Å². The van der Waals surface area contributed by atoms with Gasteiger partial charge in [0, 0.05) is 16.6 Å². The molecule has 102 valence electrons. The average Bonchev–Trinajstić information content (AvgIpc) is 2.36. The lowest BCUT2D eigenvalue weighted by atomic mass is 10.1. The molecular weight excluding hydrogens is 312 g/mol. The Bertz CT molecular complexity index is 498. The molecule has 0 bridgehead atoms. The van der Waals surface area contributed by atoms with E-state index < -0.39 is 11.9 Å². The smallest absolute Gasteiger partial charge is 0.254 e. The molecule has 1 saturated heterocycles. The van der Waals surface area contributed by atoms with Gasteiger partial charge in [-0.25, -0.2) is 0 Å². The first-order valence-electron chi connectivity index (χ1n) is 5.94. The van der Waals surface area contributed by atoms with Crippen molar-refractivity contribution in [2.75, 3.05) is 19.8 Å². The summed E-state index contributed by atoms with van der Waals surface area (Å²) in [5.41, 5.74) is 6.83. The van der Waals surface area contributed by atoms with E-state index in [-0.39, 0.29) is 12.5 Å². The normalized spacial score (nSPS) is 19.3. The third-order valence-corrected chi connectivity index (χ3v) is 3.46. The predicted molar refractivity (Wildman–Crippen MR) is 73.7 cm³/mol. The van der Waals surface area contributed by atoms with Gasteiger partial charge in [-0.1, -0.05) is 15.9 Å². The van der Waals surface area contributed by atoms with Gasteiger partial charge in [0.25, 0.3) is 5.91 Å². The SMILES string of the molecule is Cc1cc(Br)cc(C(=O)N2CCOC[C@@H]2C(N)=O)c1. The van der Waals surface area contributed by atoms with Crippen molar-refractivity contribution in [2.24, 2.45) is 5.73 Å². The summed E-state index contributed by atoms with van der Waals surface area (Å²) in [6.45, 7) is 2.86. The molecule has 0 aliphatic carbocycles. The first-order valence-corrected chi connectivity index (χ1v) is 6.73. The molecule has 1 aromatic rings. The maximum atomic E-state index is 12.5. The van der Waals surface area contributed by atoms with Gasteiger partial charge < -0.3 is 15.4 Å². The predicted octanol–water partition coefficient (Wildman–Crippen LogP) is 1.08. The number of morpholine rings is 1. The van der Waals surface area contributed by atoms with Gasteiger partial charge in [0.05, 0.1) is 13.2 Å². The van der Waals surface area contributed by atoms with Crippen LogP contribution in [0.25, 0.3) is 0 Å². The number of primary amides is 1. The molecule has 0 unspecified atom stereocenters. The number of benzene rings is 1. The van der Waals surface area contributed by atoms with Crippen LogP contribution in [0.15, 0.2) is 22.7 Å². The Kier molecular flexibility index (Phi) is 4.21. The highest BCUT2D eigenvalue weighted by Crippen LogP contribution is 2.19. The molecule has 6 heteroatoms. The van der Waals surface area contributed by atoms with E-state index in [0.717, 1.165) is 10.0 Å². The lowest BCUT2D eigenvalue weighted by molar-refractivity contribution is -0.127. The van der Waals surface area contributed by atoms with E-state index in [0.29, 0.717) is 18.7 Å². The molecule has 1 aromatic carbocycles. The van der Waals surface area contributed by atoms with Crippen LogP contribution in [0.4, 0.5) is 0 Å². The Balaban J connectivity index is 2.28. The van der Waals surface area contributed by atoms with Crippen LogP contribution in [0.5, 0.6) is 0 Å². The zero-order valence-electron chi connectivity index (χ0n) is 10.6. The van der Waals surface area contributed by atoms with Crippen molar-refractivity contribution < 1.29 is 14.3 Å². The van der Waals surface area contributed by atoms with Gasteiger partial charge in [0.1, 0.15) is 6.04 Å². The van der Waals surface area contributed by atoms with Crippen molar-refractivity contribution in [3.05, 3.63) is 33.8 Å². The lowest BCUT2D eigenvalue weighted by Crippen LogP contribution is -2.54. The van der Waals surface area contributed by atoms with Crippen molar-refractivity contribution in [3.63, 3.8) is 0 Å². The minimum atomic E-state index is -0.694. The number of halogens is 1. The van der Waals surface area contributed by atoms with E-state index in [1.165, 1.54) is 4.90 Å². The third kappa shape index (κ3) is 3.13. The molecule has 1 heterocycles. The molecule has 5 nitrogen and oxygen atoms in total. The van der Waals surface area contributed by atoms with Crippen LogP contribution in [-0.4, -0.2) is 42.5 Å². The standard InChI is InChI=1S/C13H15BrN2O3/c1-8-4-9(6-10(14)5-8)13(18)16-2-3-19-7-11(16)12(15)17/h4-6,11H,2-3,7H2,1H3,(H2,15,17)/t11-/m1/s1. The van der Waals surface area contributed by atoms with Crippen LogP contribution < -0.4 is 5.73 Å². The van der Waals surface area contributed by atoms with Crippen LogP contribution in [0.1, 0.15) is 15.9 Å². The molecule has 1 fully saturated rings. The average molecular weight is 327 g/mol. The zero-order chi connectivity index (χ0) is 14.0. The highest BCUT2D eigenvalue weighted by Gasteiger charge is 2.32. The van der Waals surface area contributed by atoms with Crippen LogP contribution in [0.2, 0.25) is 0 Å². The first kappa shape index (κ1) is 14.0. The van der Waals surface area contributed by atoms with Crippen molar-refractivity contribution in [3.8, 4) is 0 Å². The number of carbonyl (C=O) groups excluding carboxylic acids is 2. The van der Waals surface area contributed by atoms with Gasteiger partial charge in [0.2, 0.25) is 5.91 Å². The summed E-state index contributed by atoms with van der Waals surface area (Å²) in [6.07, 6.45) is 0. The fraction of sp³-hybridized carbons (Fsp3) is 0.385. The zero-order valence-corrected chi connectivity index (χ0v) is 12.1. The number of carbonyl (C=O) groups is 2.